The number of amides is 1. The van der Waals surface area contributed by atoms with Crippen molar-refractivity contribution in [2.45, 2.75) is 20.4 Å². The zero-order valence-corrected chi connectivity index (χ0v) is 20.1. The summed E-state index contributed by atoms with van der Waals surface area (Å²) in [6.45, 7) is 4.31. The minimum Gasteiger partial charge on any atom is -0.496 e. The summed E-state index contributed by atoms with van der Waals surface area (Å²) < 4.78 is 12.6. The van der Waals surface area contributed by atoms with Gasteiger partial charge in [0.2, 0.25) is 0 Å². The lowest BCUT2D eigenvalue weighted by Crippen LogP contribution is -2.23. The molecule has 0 unspecified atom stereocenters. The first-order valence-electron chi connectivity index (χ1n) is 11.5. The summed E-state index contributed by atoms with van der Waals surface area (Å²) in [5.41, 5.74) is 5.23. The van der Waals surface area contributed by atoms with E-state index in [2.05, 4.69) is 5.32 Å². The lowest BCUT2D eigenvalue weighted by Gasteiger charge is -2.14. The van der Waals surface area contributed by atoms with Gasteiger partial charge in [-0.05, 0) is 49.7 Å². The first-order valence-corrected chi connectivity index (χ1v) is 11.5. The fourth-order valence-corrected chi connectivity index (χ4v) is 4.09. The molecule has 0 bridgehead atoms. The average Bonchev–Trinajstić information content (AvgIpc) is 3.25. The first-order chi connectivity index (χ1) is 17.0. The van der Waals surface area contributed by atoms with E-state index in [4.69, 9.17) is 9.47 Å². The number of carbonyl (C=O) groups excluding carboxylic acids is 2. The smallest absolute Gasteiger partial charge is 0.339 e. The predicted molar refractivity (Wildman–Crippen MR) is 136 cm³/mol. The van der Waals surface area contributed by atoms with Crippen LogP contribution in [0.15, 0.2) is 84.9 Å². The van der Waals surface area contributed by atoms with Crippen molar-refractivity contribution in [3.8, 4) is 22.7 Å². The Morgan fingerprint density at radius 1 is 0.914 bits per heavy atom. The summed E-state index contributed by atoms with van der Waals surface area (Å²) in [6.07, 6.45) is 0. The third-order valence-corrected chi connectivity index (χ3v) is 5.81. The fraction of sp³-hybridized carbons (Fsp3) is 0.172. The van der Waals surface area contributed by atoms with E-state index in [1.807, 2.05) is 90.4 Å². The highest BCUT2D eigenvalue weighted by molar-refractivity contribution is 5.95. The van der Waals surface area contributed by atoms with Gasteiger partial charge in [-0.25, -0.2) is 4.79 Å². The molecule has 0 atom stereocenters. The lowest BCUT2D eigenvalue weighted by atomic mass is 10.1. The van der Waals surface area contributed by atoms with Crippen molar-refractivity contribution in [3.63, 3.8) is 0 Å². The van der Waals surface area contributed by atoms with Crippen LogP contribution in [0.25, 0.3) is 16.9 Å². The van der Waals surface area contributed by atoms with Gasteiger partial charge in [-0.3, -0.25) is 4.79 Å². The van der Waals surface area contributed by atoms with Crippen molar-refractivity contribution in [1.29, 1.82) is 0 Å². The zero-order chi connectivity index (χ0) is 24.8. The third-order valence-electron chi connectivity index (χ3n) is 5.81. The number of aromatic nitrogens is 1. The van der Waals surface area contributed by atoms with Crippen molar-refractivity contribution in [3.05, 3.63) is 107 Å². The fourth-order valence-electron chi connectivity index (χ4n) is 4.09. The molecule has 35 heavy (non-hydrogen) atoms. The van der Waals surface area contributed by atoms with Gasteiger partial charge in [0.25, 0.3) is 5.91 Å². The number of rotatable bonds is 8. The van der Waals surface area contributed by atoms with Crippen LogP contribution < -0.4 is 10.1 Å². The first kappa shape index (κ1) is 23.8. The number of nitrogens with zero attached hydrogens (tertiary/aromatic N) is 1. The Kier molecular flexibility index (Phi) is 7.31. The van der Waals surface area contributed by atoms with Crippen LogP contribution in [-0.2, 0) is 11.3 Å². The van der Waals surface area contributed by atoms with E-state index in [-0.39, 0.29) is 11.9 Å². The molecule has 6 heteroatoms. The Morgan fingerprint density at radius 3 is 2.40 bits per heavy atom. The van der Waals surface area contributed by atoms with Crippen molar-refractivity contribution >= 4 is 11.9 Å². The number of hydrogen-bond donors (Lipinski definition) is 1. The van der Waals surface area contributed by atoms with Crippen molar-refractivity contribution in [2.75, 3.05) is 13.7 Å². The van der Waals surface area contributed by atoms with E-state index in [0.717, 1.165) is 34.0 Å². The number of esters is 1. The molecule has 1 N–H and O–H groups in total. The number of para-hydroxylation sites is 1. The van der Waals surface area contributed by atoms with Gasteiger partial charge < -0.3 is 19.4 Å². The molecule has 0 saturated carbocycles. The van der Waals surface area contributed by atoms with Crippen LogP contribution in [-0.4, -0.2) is 30.2 Å². The third kappa shape index (κ3) is 5.11. The van der Waals surface area contributed by atoms with Crippen LogP contribution in [0.1, 0.15) is 38.9 Å². The summed E-state index contributed by atoms with van der Waals surface area (Å²) >= 11 is 0. The van der Waals surface area contributed by atoms with Crippen LogP contribution in [0.5, 0.6) is 5.75 Å². The number of carbonyl (C=O) groups is 2. The molecule has 0 saturated heterocycles. The van der Waals surface area contributed by atoms with Crippen LogP contribution in [0.4, 0.5) is 0 Å². The van der Waals surface area contributed by atoms with Gasteiger partial charge >= 0.3 is 5.97 Å². The Morgan fingerprint density at radius 2 is 1.66 bits per heavy atom. The maximum Gasteiger partial charge on any atom is 0.339 e. The van der Waals surface area contributed by atoms with Crippen LogP contribution >= 0.6 is 0 Å². The number of hydrogen-bond acceptors (Lipinski definition) is 4. The molecule has 0 aliphatic carbocycles. The monoisotopic (exact) mass is 468 g/mol. The van der Waals surface area contributed by atoms with Gasteiger partial charge in [0.1, 0.15) is 5.75 Å². The summed E-state index contributed by atoms with van der Waals surface area (Å²) in [7, 11) is 1.61. The SMILES string of the molecule is CCOC(=O)c1cc(-c2ccccc2)n(-c2cccc(C(=O)NCc3ccccc3OC)c2)c1C. The van der Waals surface area contributed by atoms with Gasteiger partial charge in [-0.2, -0.15) is 0 Å². The maximum absolute atomic E-state index is 13.0. The van der Waals surface area contributed by atoms with E-state index >= 15 is 0 Å². The van der Waals surface area contributed by atoms with E-state index in [1.165, 1.54) is 0 Å². The summed E-state index contributed by atoms with van der Waals surface area (Å²) in [4.78, 5) is 25.6. The summed E-state index contributed by atoms with van der Waals surface area (Å²) in [5.74, 6) is 0.157. The molecular weight excluding hydrogens is 440 g/mol. The molecule has 0 radical (unpaired) electrons. The normalized spacial score (nSPS) is 10.6. The van der Waals surface area contributed by atoms with E-state index in [9.17, 15) is 9.59 Å². The van der Waals surface area contributed by atoms with E-state index in [1.54, 1.807) is 20.1 Å². The maximum atomic E-state index is 13.0. The molecule has 1 heterocycles. The topological polar surface area (TPSA) is 69.6 Å². The molecule has 4 aromatic rings. The van der Waals surface area contributed by atoms with Crippen molar-refractivity contribution < 1.29 is 19.1 Å². The van der Waals surface area contributed by atoms with Crippen molar-refractivity contribution in [2.24, 2.45) is 0 Å². The second kappa shape index (κ2) is 10.7. The van der Waals surface area contributed by atoms with Gasteiger partial charge in [0.05, 0.1) is 25.0 Å². The summed E-state index contributed by atoms with van der Waals surface area (Å²) in [6, 6.07) is 26.6. The second-order valence-electron chi connectivity index (χ2n) is 8.00. The molecule has 1 aromatic heterocycles. The Hall–Kier alpha value is -4.32. The minimum atomic E-state index is -0.369. The molecule has 0 spiro atoms. The standard InChI is InChI=1S/C29H28N2O4/c1-4-35-29(33)25-18-26(21-11-6-5-7-12-21)31(20(25)2)24-15-10-14-22(17-24)28(32)30-19-23-13-8-9-16-27(23)34-3/h5-18H,4,19H2,1-3H3,(H,30,32). The lowest BCUT2D eigenvalue weighted by molar-refractivity contribution is 0.0525. The molecule has 1 amide bonds. The van der Waals surface area contributed by atoms with Gasteiger partial charge in [-0.1, -0.05) is 54.6 Å². The highest BCUT2D eigenvalue weighted by atomic mass is 16.5. The molecule has 0 aliphatic heterocycles. The Balaban J connectivity index is 1.69. The minimum absolute atomic E-state index is 0.200. The van der Waals surface area contributed by atoms with Crippen LogP contribution in [0, 0.1) is 6.92 Å². The Bertz CT molecular complexity index is 1340. The predicted octanol–water partition coefficient (Wildman–Crippen LogP) is 5.57. The van der Waals surface area contributed by atoms with Crippen LogP contribution in [0.2, 0.25) is 0 Å². The second-order valence-corrected chi connectivity index (χ2v) is 8.00. The zero-order valence-electron chi connectivity index (χ0n) is 20.1. The highest BCUT2D eigenvalue weighted by Gasteiger charge is 2.21. The number of methoxy groups -OCH3 is 1. The molecule has 4 rings (SSSR count). The highest BCUT2D eigenvalue weighted by Crippen LogP contribution is 2.30. The van der Waals surface area contributed by atoms with Gasteiger partial charge in [-0.15, -0.1) is 0 Å². The van der Waals surface area contributed by atoms with E-state index < -0.39 is 0 Å². The van der Waals surface area contributed by atoms with Gasteiger partial charge in [0.15, 0.2) is 0 Å². The largest absolute Gasteiger partial charge is 0.496 e. The quantitative estimate of drug-likeness (QED) is 0.343. The number of benzene rings is 3. The van der Waals surface area contributed by atoms with Crippen molar-refractivity contribution in [1.82, 2.24) is 9.88 Å². The Labute approximate surface area is 205 Å². The molecule has 0 fully saturated rings. The summed E-state index contributed by atoms with van der Waals surface area (Å²) in [5, 5.41) is 2.97. The molecule has 6 nitrogen and oxygen atoms in total. The molecule has 3 aromatic carbocycles. The number of nitrogens with one attached hydrogen (secondary N) is 1. The average molecular weight is 469 g/mol. The van der Waals surface area contributed by atoms with E-state index in [0.29, 0.717) is 24.3 Å². The molecule has 0 aliphatic rings. The van der Waals surface area contributed by atoms with Gasteiger partial charge in [0, 0.05) is 29.1 Å². The number of ether oxygens (including phenoxy) is 2. The van der Waals surface area contributed by atoms with Crippen LogP contribution in [0.3, 0.4) is 0 Å². The molecule has 178 valence electrons. The molecular formula is C29H28N2O4.